The number of aromatic nitrogens is 2. The first-order chi connectivity index (χ1) is 13.1. The lowest BCUT2D eigenvalue weighted by molar-refractivity contribution is -0.169. The molecule has 27 heavy (non-hydrogen) atoms. The molecule has 0 aliphatic heterocycles. The number of carboxylic acid groups (broad SMARTS) is 1. The van der Waals surface area contributed by atoms with E-state index in [-0.39, 0.29) is 11.3 Å². The maximum absolute atomic E-state index is 11.8. The van der Waals surface area contributed by atoms with E-state index < -0.39 is 5.97 Å². The smallest absolute Gasteiger partial charge is 0.356 e. The molecule has 1 aromatic heterocycles. The summed E-state index contributed by atoms with van der Waals surface area (Å²) in [6.07, 6.45) is 14.5. The quantitative estimate of drug-likeness (QED) is 0.761. The number of aromatic carboxylic acids is 1. The Labute approximate surface area is 159 Å². The number of nitrogens with one attached hydrogen (secondary N) is 1. The van der Waals surface area contributed by atoms with E-state index >= 15 is 0 Å². The second-order valence-electron chi connectivity index (χ2n) is 10.0. The molecule has 6 aliphatic carbocycles. The van der Waals surface area contributed by atoms with Crippen molar-refractivity contribution in [3.63, 3.8) is 0 Å². The second kappa shape index (κ2) is 5.69. The Morgan fingerprint density at radius 2 is 1.81 bits per heavy atom. The first kappa shape index (κ1) is 16.3. The molecule has 5 saturated carbocycles. The number of H-pyrrole nitrogens is 1. The predicted molar refractivity (Wildman–Crippen MR) is 99.3 cm³/mol. The highest BCUT2D eigenvalue weighted by atomic mass is 16.5. The minimum atomic E-state index is -0.944. The van der Waals surface area contributed by atoms with Gasteiger partial charge in [0.2, 0.25) is 0 Å². The van der Waals surface area contributed by atoms with Crippen LogP contribution in [-0.4, -0.2) is 26.6 Å². The molecule has 0 saturated heterocycles. The van der Waals surface area contributed by atoms with Crippen LogP contribution in [0.4, 0.5) is 0 Å². The molecule has 0 spiro atoms. The van der Waals surface area contributed by atoms with Gasteiger partial charge >= 0.3 is 5.97 Å². The minimum absolute atomic E-state index is 0.00897. The highest BCUT2D eigenvalue weighted by Gasteiger charge is 2.51. The number of allylic oxidation sites excluding steroid dienone is 2. The summed E-state index contributed by atoms with van der Waals surface area (Å²) < 4.78 is 6.51. The molecule has 6 aliphatic rings. The van der Waals surface area contributed by atoms with Gasteiger partial charge in [-0.25, -0.2) is 9.78 Å². The number of carbonyl (C=O) groups is 1. The van der Waals surface area contributed by atoms with Gasteiger partial charge in [-0.1, -0.05) is 12.2 Å². The van der Waals surface area contributed by atoms with Crippen molar-refractivity contribution in [3.8, 4) is 0 Å². The molecule has 2 N–H and O–H groups in total. The molecule has 1 heterocycles. The summed E-state index contributed by atoms with van der Waals surface area (Å²) in [6.45, 7) is 0.359. The number of nitrogens with zero attached hydrogens (tertiary/aromatic N) is 1. The van der Waals surface area contributed by atoms with E-state index in [0.717, 1.165) is 30.0 Å². The molecule has 5 heteroatoms. The van der Waals surface area contributed by atoms with E-state index in [1.54, 1.807) is 0 Å². The van der Waals surface area contributed by atoms with Crippen molar-refractivity contribution in [3.05, 3.63) is 29.4 Å². The first-order valence-electron chi connectivity index (χ1n) is 10.7. The SMILES string of the molecule is O=C(O)c1nc([C@@H]2C[C@@H]3C=C[C@H]2C3)[nH]c1COC12CC3CC(CC(C3)C1)C2. The number of ether oxygens (including phenoxy) is 1. The van der Waals surface area contributed by atoms with E-state index in [1.165, 1.54) is 44.9 Å². The lowest BCUT2D eigenvalue weighted by Crippen LogP contribution is -2.51. The highest BCUT2D eigenvalue weighted by molar-refractivity contribution is 5.86. The zero-order valence-electron chi connectivity index (χ0n) is 15.7. The van der Waals surface area contributed by atoms with Crippen LogP contribution < -0.4 is 0 Å². The molecule has 1 aromatic rings. The van der Waals surface area contributed by atoms with E-state index in [4.69, 9.17) is 4.74 Å². The predicted octanol–water partition coefficient (Wildman–Crippen LogP) is 4.27. The topological polar surface area (TPSA) is 75.2 Å². The summed E-state index contributed by atoms with van der Waals surface area (Å²) in [5.41, 5.74) is 0.826. The summed E-state index contributed by atoms with van der Waals surface area (Å²) in [7, 11) is 0. The Bertz CT molecular complexity index is 775. The maximum Gasteiger partial charge on any atom is 0.356 e. The van der Waals surface area contributed by atoms with Crippen LogP contribution in [0.5, 0.6) is 0 Å². The molecule has 0 aromatic carbocycles. The van der Waals surface area contributed by atoms with E-state index in [1.807, 2.05) is 0 Å². The van der Waals surface area contributed by atoms with Crippen LogP contribution in [0.1, 0.15) is 79.3 Å². The van der Waals surface area contributed by atoms with Crippen molar-refractivity contribution in [1.29, 1.82) is 0 Å². The minimum Gasteiger partial charge on any atom is -0.476 e. The van der Waals surface area contributed by atoms with Crippen LogP contribution in [0.15, 0.2) is 12.2 Å². The fraction of sp³-hybridized carbons (Fsp3) is 0.727. The normalized spacial score (nSPS) is 43.7. The zero-order chi connectivity index (χ0) is 18.2. The molecule has 0 amide bonds. The van der Waals surface area contributed by atoms with E-state index in [9.17, 15) is 9.90 Å². The number of hydrogen-bond donors (Lipinski definition) is 2. The lowest BCUT2D eigenvalue weighted by atomic mass is 9.54. The standard InChI is InChI=1S/C22H28N2O3/c25-21(26)19-18(23-20(24-19)17-7-12-1-2-16(17)6-12)11-27-22-8-13-3-14(9-22)5-15(4-13)10-22/h1-2,12-17H,3-11H2,(H,23,24)(H,25,26)/t12-,13?,14?,15?,16+,17-,22?/m1/s1. The number of fused-ring (bicyclic) bond motifs is 2. The van der Waals surface area contributed by atoms with Gasteiger partial charge in [-0.15, -0.1) is 0 Å². The summed E-state index contributed by atoms with van der Waals surface area (Å²) in [4.78, 5) is 19.7. The maximum atomic E-state index is 11.8. The monoisotopic (exact) mass is 368 g/mol. The summed E-state index contributed by atoms with van der Waals surface area (Å²) >= 11 is 0. The van der Waals surface area contributed by atoms with E-state index in [0.29, 0.717) is 30.1 Å². The summed E-state index contributed by atoms with van der Waals surface area (Å²) in [6, 6.07) is 0. The molecule has 144 valence electrons. The second-order valence-corrected chi connectivity index (χ2v) is 10.0. The van der Waals surface area contributed by atoms with Crippen molar-refractivity contribution >= 4 is 5.97 Å². The average Bonchev–Trinajstić information content (AvgIpc) is 3.34. The van der Waals surface area contributed by atoms with Crippen LogP contribution >= 0.6 is 0 Å². The summed E-state index contributed by atoms with van der Waals surface area (Å²) in [5.74, 6) is 3.89. The first-order valence-corrected chi connectivity index (χ1v) is 10.7. The van der Waals surface area contributed by atoms with E-state index in [2.05, 4.69) is 22.1 Å². The highest BCUT2D eigenvalue weighted by Crippen LogP contribution is 2.57. The molecular formula is C22H28N2O3. The van der Waals surface area contributed by atoms with Gasteiger partial charge in [-0.3, -0.25) is 0 Å². The van der Waals surface area contributed by atoms with Crippen LogP contribution in [-0.2, 0) is 11.3 Å². The van der Waals surface area contributed by atoms with Crippen molar-refractivity contribution in [2.24, 2.45) is 29.6 Å². The number of rotatable bonds is 5. The van der Waals surface area contributed by atoms with Gasteiger partial charge < -0.3 is 14.8 Å². The van der Waals surface area contributed by atoms with Gasteiger partial charge in [0.1, 0.15) is 5.82 Å². The zero-order valence-corrected chi connectivity index (χ0v) is 15.7. The number of aromatic amines is 1. The Morgan fingerprint density at radius 1 is 1.11 bits per heavy atom. The van der Waals surface area contributed by atoms with Crippen molar-refractivity contribution < 1.29 is 14.6 Å². The third-order valence-corrected chi connectivity index (χ3v) is 8.13. The van der Waals surface area contributed by atoms with Crippen LogP contribution in [0, 0.1) is 29.6 Å². The molecule has 0 radical (unpaired) electrons. The van der Waals surface area contributed by atoms with Crippen molar-refractivity contribution in [2.75, 3.05) is 0 Å². The molecule has 3 atom stereocenters. The van der Waals surface area contributed by atoms with Gasteiger partial charge in [0.15, 0.2) is 5.69 Å². The van der Waals surface area contributed by atoms with Crippen molar-refractivity contribution in [1.82, 2.24) is 9.97 Å². The van der Waals surface area contributed by atoms with Crippen molar-refractivity contribution in [2.45, 2.75) is 69.5 Å². The molecule has 5 nitrogen and oxygen atoms in total. The molecule has 5 fully saturated rings. The van der Waals surface area contributed by atoms with Gasteiger partial charge in [0.25, 0.3) is 0 Å². The van der Waals surface area contributed by atoms with Gasteiger partial charge in [0.05, 0.1) is 17.9 Å². The third kappa shape index (κ3) is 2.61. The molecule has 0 unspecified atom stereocenters. The van der Waals surface area contributed by atoms with Gasteiger partial charge in [-0.05, 0) is 81.0 Å². The largest absolute Gasteiger partial charge is 0.476 e. The number of imidazole rings is 1. The van der Waals surface area contributed by atoms with Crippen LogP contribution in [0.25, 0.3) is 0 Å². The summed E-state index contributed by atoms with van der Waals surface area (Å²) in [5, 5.41) is 9.66. The lowest BCUT2D eigenvalue weighted by Gasteiger charge is -2.56. The van der Waals surface area contributed by atoms with Gasteiger partial charge in [-0.2, -0.15) is 0 Å². The number of carboxylic acids is 1. The number of hydrogen-bond acceptors (Lipinski definition) is 3. The molecule has 6 bridgehead atoms. The van der Waals surface area contributed by atoms with Gasteiger partial charge in [0, 0.05) is 5.92 Å². The Morgan fingerprint density at radius 3 is 2.37 bits per heavy atom. The average molecular weight is 368 g/mol. The Hall–Kier alpha value is -1.62. The molecular weight excluding hydrogens is 340 g/mol. The fourth-order valence-electron chi connectivity index (χ4n) is 7.41. The Kier molecular flexibility index (Phi) is 3.45. The molecule has 7 rings (SSSR count). The van der Waals surface area contributed by atoms with Crippen LogP contribution in [0.2, 0.25) is 0 Å². The Balaban J connectivity index is 1.23. The van der Waals surface area contributed by atoms with Crippen LogP contribution in [0.3, 0.4) is 0 Å². The fourth-order valence-corrected chi connectivity index (χ4v) is 7.41. The third-order valence-electron chi connectivity index (χ3n) is 8.13.